The topological polar surface area (TPSA) is 177 Å². The molecule has 0 radical (unpaired) electrons. The highest BCUT2D eigenvalue weighted by Crippen LogP contribution is 2.17. The van der Waals surface area contributed by atoms with Gasteiger partial charge in [-0.05, 0) is 46.0 Å². The third kappa shape index (κ3) is 17.1. The van der Waals surface area contributed by atoms with E-state index in [0.717, 1.165) is 0 Å². The molecule has 204 valence electrons. The number of aliphatic carboxylic acids is 1. The molecule has 0 aromatic carbocycles. The number of nitrogens with two attached hydrogens (primary N) is 1. The van der Waals surface area contributed by atoms with Crippen molar-refractivity contribution in [2.75, 3.05) is 39.5 Å². The molecule has 0 spiro atoms. The van der Waals surface area contributed by atoms with Crippen LogP contribution in [-0.4, -0.2) is 85.4 Å². The number of amides is 2. The van der Waals surface area contributed by atoms with Crippen molar-refractivity contribution in [1.82, 2.24) is 10.6 Å². The Kier molecular flexibility index (Phi) is 18.9. The fourth-order valence-electron chi connectivity index (χ4n) is 3.29. The summed E-state index contributed by atoms with van der Waals surface area (Å²) in [5, 5.41) is 24.1. The van der Waals surface area contributed by atoms with Crippen LogP contribution in [0.15, 0.2) is 0 Å². The van der Waals surface area contributed by atoms with Crippen LogP contribution in [0, 0.1) is 11.8 Å². The molecule has 0 bridgehead atoms. The maximum Gasteiger partial charge on any atom is 0.309 e. The predicted octanol–water partition coefficient (Wildman–Crippen LogP) is 0.617. The van der Waals surface area contributed by atoms with Crippen molar-refractivity contribution in [2.24, 2.45) is 17.6 Å². The zero-order valence-electron chi connectivity index (χ0n) is 21.4. The monoisotopic (exact) mass is 503 g/mol. The van der Waals surface area contributed by atoms with Crippen molar-refractivity contribution in [2.45, 2.75) is 77.9 Å². The summed E-state index contributed by atoms with van der Waals surface area (Å²) >= 11 is 0. The predicted molar refractivity (Wildman–Crippen MR) is 131 cm³/mol. The molecule has 0 aromatic heterocycles. The minimum atomic E-state index is -1.18. The minimum absolute atomic E-state index is 0.00729. The lowest BCUT2D eigenvalue weighted by Gasteiger charge is -2.17. The van der Waals surface area contributed by atoms with Crippen LogP contribution >= 0.6 is 0 Å². The SMILES string of the molecule is CCOCCOCC(=O)NCCCC[C@H](N)C(=O)NCCCC[C@H](C)C(=O)C[C@H](C(=O)O)[C@@H](C)O. The fraction of sp³-hybridized carbons (Fsp3) is 0.833. The molecular weight excluding hydrogens is 458 g/mol. The zero-order valence-corrected chi connectivity index (χ0v) is 21.4. The van der Waals surface area contributed by atoms with Gasteiger partial charge in [0.15, 0.2) is 0 Å². The number of ether oxygens (including phenoxy) is 2. The summed E-state index contributed by atoms with van der Waals surface area (Å²) < 4.78 is 10.3. The van der Waals surface area contributed by atoms with Crippen LogP contribution in [0.25, 0.3) is 0 Å². The summed E-state index contributed by atoms with van der Waals surface area (Å²) in [6, 6.07) is -0.624. The lowest BCUT2D eigenvalue weighted by atomic mass is 9.89. The number of ketones is 1. The number of carbonyl (C=O) groups is 4. The second-order valence-electron chi connectivity index (χ2n) is 8.75. The molecule has 0 aliphatic heterocycles. The van der Waals surface area contributed by atoms with Crippen LogP contribution in [-0.2, 0) is 28.7 Å². The van der Waals surface area contributed by atoms with E-state index in [4.69, 9.17) is 20.3 Å². The third-order valence-corrected chi connectivity index (χ3v) is 5.64. The molecule has 6 N–H and O–H groups in total. The van der Waals surface area contributed by atoms with E-state index in [-0.39, 0.29) is 36.5 Å². The van der Waals surface area contributed by atoms with Gasteiger partial charge in [-0.3, -0.25) is 19.2 Å². The second kappa shape index (κ2) is 20.1. The van der Waals surface area contributed by atoms with Crippen LogP contribution in [0.1, 0.15) is 65.7 Å². The third-order valence-electron chi connectivity index (χ3n) is 5.64. The first-order valence-electron chi connectivity index (χ1n) is 12.5. The first-order chi connectivity index (χ1) is 16.6. The number of aliphatic hydroxyl groups excluding tert-OH is 1. The Bertz CT molecular complexity index is 630. The molecule has 0 heterocycles. The van der Waals surface area contributed by atoms with Gasteiger partial charge in [0, 0.05) is 32.0 Å². The molecular formula is C24H45N3O8. The average Bonchev–Trinajstić information content (AvgIpc) is 2.80. The number of carboxylic acids is 1. The van der Waals surface area contributed by atoms with E-state index in [9.17, 15) is 24.3 Å². The van der Waals surface area contributed by atoms with Crippen LogP contribution in [0.2, 0.25) is 0 Å². The van der Waals surface area contributed by atoms with Crippen LogP contribution in [0.5, 0.6) is 0 Å². The first kappa shape index (κ1) is 32.9. The Morgan fingerprint density at radius 2 is 1.51 bits per heavy atom. The van der Waals surface area contributed by atoms with Gasteiger partial charge in [-0.15, -0.1) is 0 Å². The number of Topliss-reactive ketones (excluding diaryl/α,β-unsaturated/α-hetero) is 1. The Morgan fingerprint density at radius 3 is 2.11 bits per heavy atom. The van der Waals surface area contributed by atoms with Crippen molar-refractivity contribution in [3.8, 4) is 0 Å². The maximum atomic E-state index is 12.2. The highest BCUT2D eigenvalue weighted by molar-refractivity contribution is 5.85. The molecule has 0 unspecified atom stereocenters. The van der Waals surface area contributed by atoms with E-state index >= 15 is 0 Å². The van der Waals surface area contributed by atoms with Crippen LogP contribution in [0.3, 0.4) is 0 Å². The van der Waals surface area contributed by atoms with Crippen molar-refractivity contribution < 1.29 is 38.9 Å². The van der Waals surface area contributed by atoms with Crippen molar-refractivity contribution in [1.29, 1.82) is 0 Å². The van der Waals surface area contributed by atoms with E-state index in [1.54, 1.807) is 6.92 Å². The highest BCUT2D eigenvalue weighted by atomic mass is 16.5. The second-order valence-corrected chi connectivity index (χ2v) is 8.75. The number of hydrogen-bond acceptors (Lipinski definition) is 8. The Labute approximate surface area is 208 Å². The molecule has 2 amide bonds. The number of hydrogen-bond donors (Lipinski definition) is 5. The molecule has 11 heteroatoms. The Balaban J connectivity index is 3.84. The van der Waals surface area contributed by atoms with Gasteiger partial charge in [0.25, 0.3) is 0 Å². The van der Waals surface area contributed by atoms with Crippen molar-refractivity contribution in [3.05, 3.63) is 0 Å². The molecule has 35 heavy (non-hydrogen) atoms. The summed E-state index contributed by atoms with van der Waals surface area (Å²) in [6.07, 6.45) is 2.59. The van der Waals surface area contributed by atoms with E-state index in [1.165, 1.54) is 6.92 Å². The number of nitrogens with one attached hydrogen (secondary N) is 2. The van der Waals surface area contributed by atoms with E-state index in [1.807, 2.05) is 6.92 Å². The number of carboxylic acid groups (broad SMARTS) is 1. The van der Waals surface area contributed by atoms with Gasteiger partial charge >= 0.3 is 5.97 Å². The van der Waals surface area contributed by atoms with Gasteiger partial charge in [-0.1, -0.05) is 13.3 Å². The molecule has 0 saturated carbocycles. The quantitative estimate of drug-likeness (QED) is 0.132. The number of aliphatic hydroxyl groups is 1. The molecule has 0 saturated heterocycles. The Hall–Kier alpha value is -2.08. The molecule has 0 fully saturated rings. The molecule has 0 aromatic rings. The highest BCUT2D eigenvalue weighted by Gasteiger charge is 2.27. The van der Waals surface area contributed by atoms with E-state index < -0.39 is 24.0 Å². The summed E-state index contributed by atoms with van der Waals surface area (Å²) in [6.45, 7) is 7.37. The minimum Gasteiger partial charge on any atom is -0.481 e. The summed E-state index contributed by atoms with van der Waals surface area (Å²) in [7, 11) is 0. The van der Waals surface area contributed by atoms with E-state index in [2.05, 4.69) is 10.6 Å². The maximum absolute atomic E-state index is 12.2. The lowest BCUT2D eigenvalue weighted by Crippen LogP contribution is -2.41. The Morgan fingerprint density at radius 1 is 0.914 bits per heavy atom. The van der Waals surface area contributed by atoms with Gasteiger partial charge in [-0.25, -0.2) is 0 Å². The van der Waals surface area contributed by atoms with Gasteiger partial charge in [0.05, 0.1) is 31.3 Å². The number of rotatable bonds is 22. The lowest BCUT2D eigenvalue weighted by molar-refractivity contribution is -0.148. The largest absolute Gasteiger partial charge is 0.481 e. The van der Waals surface area contributed by atoms with Gasteiger partial charge in [0.1, 0.15) is 12.4 Å². The normalized spacial score (nSPS) is 14.5. The summed E-state index contributed by atoms with van der Waals surface area (Å²) in [4.78, 5) is 47.0. The summed E-state index contributed by atoms with van der Waals surface area (Å²) in [5.41, 5.74) is 5.92. The molecule has 0 aliphatic carbocycles. The average molecular weight is 504 g/mol. The van der Waals surface area contributed by atoms with Gasteiger partial charge in [0.2, 0.25) is 11.8 Å². The van der Waals surface area contributed by atoms with Gasteiger partial charge in [-0.2, -0.15) is 0 Å². The standard InChI is InChI=1S/C24H45N3O8/c1-4-34-13-14-35-16-22(30)26-11-8-6-10-20(25)23(31)27-12-7-5-9-17(2)21(29)15-19(18(3)28)24(32)33/h17-20,28H,4-16,25H2,1-3H3,(H,26,30)(H,27,31)(H,32,33)/t17-,18+,19-,20-/m0/s1. The molecule has 0 aliphatic rings. The molecule has 0 rings (SSSR count). The van der Waals surface area contributed by atoms with Crippen LogP contribution < -0.4 is 16.4 Å². The molecule has 4 atom stereocenters. The van der Waals surface area contributed by atoms with Gasteiger partial charge < -0.3 is 36.1 Å². The first-order valence-corrected chi connectivity index (χ1v) is 12.5. The molecule has 11 nitrogen and oxygen atoms in total. The fourth-order valence-corrected chi connectivity index (χ4v) is 3.29. The van der Waals surface area contributed by atoms with Crippen molar-refractivity contribution >= 4 is 23.6 Å². The smallest absolute Gasteiger partial charge is 0.309 e. The van der Waals surface area contributed by atoms with Crippen LogP contribution in [0.4, 0.5) is 0 Å². The number of carbonyl (C=O) groups excluding carboxylic acids is 3. The number of unbranched alkanes of at least 4 members (excludes halogenated alkanes) is 2. The summed E-state index contributed by atoms with van der Waals surface area (Å²) in [5.74, 6) is -3.19. The van der Waals surface area contributed by atoms with E-state index in [0.29, 0.717) is 71.4 Å². The zero-order chi connectivity index (χ0) is 26.6. The van der Waals surface area contributed by atoms with Crippen molar-refractivity contribution in [3.63, 3.8) is 0 Å².